The van der Waals surface area contributed by atoms with Crippen molar-refractivity contribution in [1.29, 1.82) is 0 Å². The minimum Gasteiger partial charge on any atom is -0.497 e. The number of rotatable bonds is 11. The second-order valence-electron chi connectivity index (χ2n) is 7.13. The summed E-state index contributed by atoms with van der Waals surface area (Å²) >= 11 is 0. The Balaban J connectivity index is 1.65. The average Bonchev–Trinajstić information content (AvgIpc) is 3.26. The molecule has 3 aromatic rings. The lowest BCUT2D eigenvalue weighted by Crippen LogP contribution is -2.36. The van der Waals surface area contributed by atoms with E-state index in [4.69, 9.17) is 14.2 Å². The summed E-state index contributed by atoms with van der Waals surface area (Å²) in [6.45, 7) is 2.72. The molecule has 33 heavy (non-hydrogen) atoms. The molecule has 3 rings (SSSR count). The van der Waals surface area contributed by atoms with Crippen molar-refractivity contribution >= 4 is 17.6 Å². The Bertz CT molecular complexity index is 1050. The fraction of sp³-hybridized carbons (Fsp3) is 0.333. The number of anilines is 1. The maximum atomic E-state index is 13.0. The van der Waals surface area contributed by atoms with E-state index in [-0.39, 0.29) is 25.5 Å². The molecule has 0 spiro atoms. The molecule has 0 saturated heterocycles. The molecule has 0 aliphatic heterocycles. The number of hydrogen-bond acceptors (Lipinski definition) is 7. The molecule has 0 radical (unpaired) electrons. The van der Waals surface area contributed by atoms with Gasteiger partial charge in [-0.2, -0.15) is 0 Å². The van der Waals surface area contributed by atoms with Gasteiger partial charge in [-0.15, -0.1) is 10.2 Å². The topological polar surface area (TPSA) is 95.8 Å². The third kappa shape index (κ3) is 6.31. The van der Waals surface area contributed by atoms with Crippen molar-refractivity contribution in [3.63, 3.8) is 0 Å². The van der Waals surface area contributed by atoms with Gasteiger partial charge in [-0.05, 0) is 43.3 Å². The van der Waals surface area contributed by atoms with Gasteiger partial charge in [0.1, 0.15) is 30.5 Å². The number of aromatic nitrogens is 3. The van der Waals surface area contributed by atoms with Gasteiger partial charge >= 0.3 is 5.97 Å². The summed E-state index contributed by atoms with van der Waals surface area (Å²) < 4.78 is 17.7. The molecule has 1 aromatic heterocycles. The van der Waals surface area contributed by atoms with Crippen molar-refractivity contribution in [1.82, 2.24) is 14.8 Å². The van der Waals surface area contributed by atoms with Gasteiger partial charge in [-0.3, -0.25) is 9.59 Å². The molecule has 0 saturated carbocycles. The zero-order valence-corrected chi connectivity index (χ0v) is 19.1. The van der Waals surface area contributed by atoms with E-state index in [1.807, 2.05) is 54.0 Å². The smallest absolute Gasteiger partial charge is 0.325 e. The normalized spacial score (nSPS) is 10.5. The minimum absolute atomic E-state index is 0.152. The van der Waals surface area contributed by atoms with E-state index in [0.717, 1.165) is 5.75 Å². The zero-order valence-electron chi connectivity index (χ0n) is 19.1. The highest BCUT2D eigenvalue weighted by atomic mass is 16.5. The standard InChI is InChI=1S/C24H28N4O5/c1-4-27-21(25-26-22(27)17-33-20-12-10-19(31-2)11-13-20)14-15-23(29)28(16-24(30)32-3)18-8-6-5-7-9-18/h5-13H,4,14-17H2,1-3H3. The number of carbonyl (C=O) groups excluding carboxylic acids is 2. The number of para-hydroxylation sites is 1. The van der Waals surface area contributed by atoms with E-state index < -0.39 is 5.97 Å². The number of esters is 1. The summed E-state index contributed by atoms with van der Waals surface area (Å²) in [7, 11) is 2.91. The number of aryl methyl sites for hydroxylation is 1. The first-order valence-electron chi connectivity index (χ1n) is 10.7. The quantitative estimate of drug-likeness (QED) is 0.413. The molecular weight excluding hydrogens is 424 g/mol. The molecule has 1 heterocycles. The molecular formula is C24H28N4O5. The molecule has 0 aliphatic rings. The van der Waals surface area contributed by atoms with Crippen LogP contribution in [-0.4, -0.2) is 47.4 Å². The van der Waals surface area contributed by atoms with E-state index in [2.05, 4.69) is 10.2 Å². The fourth-order valence-electron chi connectivity index (χ4n) is 3.33. The summed E-state index contributed by atoms with van der Waals surface area (Å²) in [5, 5.41) is 8.50. The van der Waals surface area contributed by atoms with Gasteiger partial charge in [0.15, 0.2) is 5.82 Å². The van der Waals surface area contributed by atoms with Crippen molar-refractivity contribution in [3.8, 4) is 11.5 Å². The van der Waals surface area contributed by atoms with E-state index in [0.29, 0.717) is 36.1 Å². The zero-order chi connectivity index (χ0) is 23.6. The molecule has 1 amide bonds. The summed E-state index contributed by atoms with van der Waals surface area (Å²) in [4.78, 5) is 26.2. The average molecular weight is 453 g/mol. The summed E-state index contributed by atoms with van der Waals surface area (Å²) in [5.74, 6) is 2.12. The predicted molar refractivity (Wildman–Crippen MR) is 122 cm³/mol. The van der Waals surface area contributed by atoms with Crippen molar-refractivity contribution in [2.75, 3.05) is 25.7 Å². The molecule has 0 fully saturated rings. The monoisotopic (exact) mass is 452 g/mol. The van der Waals surface area contributed by atoms with Crippen LogP contribution in [0.15, 0.2) is 54.6 Å². The predicted octanol–water partition coefficient (Wildman–Crippen LogP) is 3.02. The van der Waals surface area contributed by atoms with Gasteiger partial charge in [0.2, 0.25) is 5.91 Å². The van der Waals surface area contributed by atoms with Crippen LogP contribution in [0.4, 0.5) is 5.69 Å². The van der Waals surface area contributed by atoms with Crippen LogP contribution in [0.5, 0.6) is 11.5 Å². The van der Waals surface area contributed by atoms with Gasteiger partial charge in [-0.1, -0.05) is 18.2 Å². The SMILES string of the molecule is CCn1c(CCC(=O)N(CC(=O)OC)c2ccccc2)nnc1COc1ccc(OC)cc1. The lowest BCUT2D eigenvalue weighted by atomic mass is 10.2. The third-order valence-electron chi connectivity index (χ3n) is 5.09. The Morgan fingerprint density at radius 3 is 2.24 bits per heavy atom. The van der Waals surface area contributed by atoms with E-state index in [1.54, 1.807) is 19.2 Å². The Morgan fingerprint density at radius 2 is 1.61 bits per heavy atom. The lowest BCUT2D eigenvalue weighted by molar-refractivity contribution is -0.140. The van der Waals surface area contributed by atoms with Crippen LogP contribution in [0.3, 0.4) is 0 Å². The summed E-state index contributed by atoms with van der Waals surface area (Å²) in [6, 6.07) is 16.3. The Morgan fingerprint density at radius 1 is 0.939 bits per heavy atom. The Hall–Kier alpha value is -3.88. The minimum atomic E-state index is -0.484. The molecule has 9 heteroatoms. The van der Waals surface area contributed by atoms with Crippen LogP contribution < -0.4 is 14.4 Å². The largest absolute Gasteiger partial charge is 0.497 e. The highest BCUT2D eigenvalue weighted by Crippen LogP contribution is 2.19. The highest BCUT2D eigenvalue weighted by molar-refractivity contribution is 5.97. The van der Waals surface area contributed by atoms with Crippen molar-refractivity contribution in [3.05, 3.63) is 66.2 Å². The molecule has 0 aliphatic carbocycles. The second-order valence-corrected chi connectivity index (χ2v) is 7.13. The lowest BCUT2D eigenvalue weighted by Gasteiger charge is -2.21. The van der Waals surface area contributed by atoms with Crippen LogP contribution in [0.25, 0.3) is 0 Å². The molecule has 9 nitrogen and oxygen atoms in total. The Kier molecular flexibility index (Phi) is 8.40. The number of nitrogens with zero attached hydrogens (tertiary/aromatic N) is 4. The first-order valence-corrected chi connectivity index (χ1v) is 10.7. The van der Waals surface area contributed by atoms with Gasteiger partial charge in [-0.25, -0.2) is 0 Å². The van der Waals surface area contributed by atoms with E-state index in [9.17, 15) is 9.59 Å². The molecule has 0 unspecified atom stereocenters. The molecule has 2 aromatic carbocycles. The maximum absolute atomic E-state index is 13.0. The number of hydrogen-bond donors (Lipinski definition) is 0. The number of amides is 1. The van der Waals surface area contributed by atoms with Gasteiger partial charge in [0.05, 0.1) is 14.2 Å². The van der Waals surface area contributed by atoms with Crippen molar-refractivity contribution < 1.29 is 23.8 Å². The van der Waals surface area contributed by atoms with Crippen LogP contribution in [0, 0.1) is 0 Å². The van der Waals surface area contributed by atoms with Crippen LogP contribution >= 0.6 is 0 Å². The van der Waals surface area contributed by atoms with Crippen molar-refractivity contribution in [2.24, 2.45) is 0 Å². The number of ether oxygens (including phenoxy) is 3. The first-order chi connectivity index (χ1) is 16.0. The molecule has 0 bridgehead atoms. The molecule has 174 valence electrons. The summed E-state index contributed by atoms with van der Waals surface area (Å²) in [5.41, 5.74) is 0.637. The fourth-order valence-corrected chi connectivity index (χ4v) is 3.33. The Labute approximate surface area is 192 Å². The second kappa shape index (κ2) is 11.7. The van der Waals surface area contributed by atoms with Gasteiger partial charge in [0, 0.05) is 25.1 Å². The van der Waals surface area contributed by atoms with Crippen LogP contribution in [-0.2, 0) is 33.9 Å². The summed E-state index contributed by atoms with van der Waals surface area (Å²) in [6.07, 6.45) is 0.552. The number of benzene rings is 2. The van der Waals surface area contributed by atoms with Crippen LogP contribution in [0.2, 0.25) is 0 Å². The van der Waals surface area contributed by atoms with E-state index >= 15 is 0 Å². The van der Waals surface area contributed by atoms with E-state index in [1.165, 1.54) is 12.0 Å². The first kappa shape index (κ1) is 23.8. The molecule has 0 atom stereocenters. The highest BCUT2D eigenvalue weighted by Gasteiger charge is 2.21. The van der Waals surface area contributed by atoms with Gasteiger partial charge in [0.25, 0.3) is 0 Å². The van der Waals surface area contributed by atoms with Crippen molar-refractivity contribution in [2.45, 2.75) is 32.9 Å². The molecule has 0 N–H and O–H groups in total. The third-order valence-corrected chi connectivity index (χ3v) is 5.09. The maximum Gasteiger partial charge on any atom is 0.325 e. The van der Waals surface area contributed by atoms with Gasteiger partial charge < -0.3 is 23.7 Å². The van der Waals surface area contributed by atoms with Crippen LogP contribution in [0.1, 0.15) is 25.0 Å². The number of carbonyl (C=O) groups is 2. The number of methoxy groups -OCH3 is 2.